The van der Waals surface area contributed by atoms with Crippen LogP contribution >= 0.6 is 0 Å². The smallest absolute Gasteiger partial charge is 0.208 e. The third-order valence-electron chi connectivity index (χ3n) is 7.18. The van der Waals surface area contributed by atoms with Crippen LogP contribution in [-0.4, -0.2) is 97.8 Å². The van der Waals surface area contributed by atoms with Crippen LogP contribution in [0.3, 0.4) is 0 Å². The van der Waals surface area contributed by atoms with Gasteiger partial charge in [-0.3, -0.25) is 14.8 Å². The predicted molar refractivity (Wildman–Crippen MR) is 127 cm³/mol. The van der Waals surface area contributed by atoms with Crippen molar-refractivity contribution in [2.75, 3.05) is 72.1 Å². The molecule has 8 heteroatoms. The topological polar surface area (TPSA) is 69.4 Å². The lowest BCUT2D eigenvalue weighted by Crippen LogP contribution is -2.42. The van der Waals surface area contributed by atoms with Crippen LogP contribution in [0.25, 0.3) is 0 Å². The minimum absolute atomic E-state index is 0.666. The molecule has 0 spiro atoms. The first-order valence-corrected chi connectivity index (χ1v) is 12.6. The maximum Gasteiger partial charge on any atom is 0.208 e. The molecule has 180 valence electrons. The van der Waals surface area contributed by atoms with Crippen molar-refractivity contribution >= 4 is 5.96 Å². The van der Waals surface area contributed by atoms with Gasteiger partial charge in [0.2, 0.25) is 5.89 Å². The van der Waals surface area contributed by atoms with E-state index in [1.807, 2.05) is 13.8 Å². The molecule has 3 aliphatic heterocycles. The van der Waals surface area contributed by atoms with E-state index >= 15 is 0 Å². The Hall–Kier alpha value is -1.64. The molecule has 0 amide bonds. The van der Waals surface area contributed by atoms with E-state index in [1.54, 1.807) is 0 Å². The van der Waals surface area contributed by atoms with E-state index in [2.05, 4.69) is 31.9 Å². The number of aliphatic imine (C=N–C) groups is 1. The largest absolute Gasteiger partial charge is 0.444 e. The highest BCUT2D eigenvalue weighted by molar-refractivity contribution is 5.80. The monoisotopic (exact) mass is 446 g/mol. The van der Waals surface area contributed by atoms with Crippen molar-refractivity contribution < 1.29 is 9.15 Å². The van der Waals surface area contributed by atoms with Gasteiger partial charge in [0.15, 0.2) is 5.96 Å². The molecule has 32 heavy (non-hydrogen) atoms. The van der Waals surface area contributed by atoms with Crippen LogP contribution in [0.4, 0.5) is 0 Å². The number of oxazole rings is 1. The summed E-state index contributed by atoms with van der Waals surface area (Å²) in [5.74, 6) is 4.31. The molecule has 0 saturated carbocycles. The summed E-state index contributed by atoms with van der Waals surface area (Å²) in [5, 5.41) is 3.55. The first-order valence-electron chi connectivity index (χ1n) is 12.6. The van der Waals surface area contributed by atoms with Gasteiger partial charge in [-0.15, -0.1) is 0 Å². The number of guanidine groups is 1. The molecule has 8 nitrogen and oxygen atoms in total. The summed E-state index contributed by atoms with van der Waals surface area (Å²) in [6.07, 6.45) is 3.66. The fourth-order valence-corrected chi connectivity index (χ4v) is 5.09. The Kier molecular flexibility index (Phi) is 8.43. The van der Waals surface area contributed by atoms with Crippen molar-refractivity contribution in [1.29, 1.82) is 0 Å². The number of hydrogen-bond acceptors (Lipinski definition) is 6. The highest BCUT2D eigenvalue weighted by atomic mass is 16.5. The fourth-order valence-electron chi connectivity index (χ4n) is 5.09. The Morgan fingerprint density at radius 3 is 2.47 bits per heavy atom. The number of nitrogens with one attached hydrogen (secondary N) is 1. The third kappa shape index (κ3) is 6.45. The first-order chi connectivity index (χ1) is 15.6. The van der Waals surface area contributed by atoms with E-state index in [1.165, 1.54) is 25.8 Å². The lowest BCUT2D eigenvalue weighted by Gasteiger charge is -2.31. The van der Waals surface area contributed by atoms with Gasteiger partial charge in [-0.1, -0.05) is 0 Å². The highest BCUT2D eigenvalue weighted by Crippen LogP contribution is 2.22. The van der Waals surface area contributed by atoms with Crippen molar-refractivity contribution in [3.63, 3.8) is 0 Å². The van der Waals surface area contributed by atoms with E-state index in [4.69, 9.17) is 14.1 Å². The SMILES string of the molecule is CCNC(=NCC1CCN(Cc2nc(C)c(C)o2)CC1)N1CCC(CN2CCOCC2)C1. The molecule has 0 aromatic carbocycles. The third-order valence-corrected chi connectivity index (χ3v) is 7.18. The number of rotatable bonds is 7. The van der Waals surface area contributed by atoms with Gasteiger partial charge >= 0.3 is 0 Å². The zero-order chi connectivity index (χ0) is 22.3. The summed E-state index contributed by atoms with van der Waals surface area (Å²) in [7, 11) is 0. The summed E-state index contributed by atoms with van der Waals surface area (Å²) in [6, 6.07) is 0. The van der Waals surface area contributed by atoms with Crippen molar-refractivity contribution in [1.82, 2.24) is 25.0 Å². The average Bonchev–Trinajstić information content (AvgIpc) is 3.38. The summed E-state index contributed by atoms with van der Waals surface area (Å²) < 4.78 is 11.3. The zero-order valence-electron chi connectivity index (χ0n) is 20.3. The number of aromatic nitrogens is 1. The fraction of sp³-hybridized carbons (Fsp3) is 0.833. The van der Waals surface area contributed by atoms with Gasteiger partial charge in [0.05, 0.1) is 25.5 Å². The van der Waals surface area contributed by atoms with Gasteiger partial charge in [0, 0.05) is 45.8 Å². The average molecular weight is 447 g/mol. The summed E-state index contributed by atoms with van der Waals surface area (Å²) in [5.41, 5.74) is 1.01. The van der Waals surface area contributed by atoms with Crippen LogP contribution in [0.15, 0.2) is 9.41 Å². The first kappa shape index (κ1) is 23.5. The van der Waals surface area contributed by atoms with Gasteiger partial charge in [-0.2, -0.15) is 0 Å². The number of nitrogens with zero attached hydrogens (tertiary/aromatic N) is 5. The molecule has 0 bridgehead atoms. The Morgan fingerprint density at radius 2 is 1.78 bits per heavy atom. The molecular formula is C24H42N6O2. The van der Waals surface area contributed by atoms with Crippen molar-refractivity contribution in [2.45, 2.75) is 46.6 Å². The summed E-state index contributed by atoms with van der Waals surface area (Å²) >= 11 is 0. The number of piperidine rings is 1. The minimum Gasteiger partial charge on any atom is -0.444 e. The van der Waals surface area contributed by atoms with E-state index < -0.39 is 0 Å². The summed E-state index contributed by atoms with van der Waals surface area (Å²) in [4.78, 5) is 17.1. The normalized spacial score (nSPS) is 24.4. The Labute approximate surface area is 193 Å². The van der Waals surface area contributed by atoms with Crippen LogP contribution in [0.1, 0.15) is 43.5 Å². The van der Waals surface area contributed by atoms with E-state index in [-0.39, 0.29) is 0 Å². The number of hydrogen-bond donors (Lipinski definition) is 1. The molecule has 1 aromatic rings. The van der Waals surface area contributed by atoms with E-state index in [0.717, 1.165) is 101 Å². The zero-order valence-corrected chi connectivity index (χ0v) is 20.3. The summed E-state index contributed by atoms with van der Waals surface area (Å²) in [6.45, 7) is 18.4. The lowest BCUT2D eigenvalue weighted by atomic mass is 9.97. The molecule has 0 aliphatic carbocycles. The maximum atomic E-state index is 5.77. The Bertz CT molecular complexity index is 717. The van der Waals surface area contributed by atoms with Gasteiger partial charge in [0.25, 0.3) is 0 Å². The second-order valence-corrected chi connectivity index (χ2v) is 9.68. The number of likely N-dealkylation sites (tertiary alicyclic amines) is 2. The quantitative estimate of drug-likeness (QED) is 0.508. The molecule has 3 saturated heterocycles. The van der Waals surface area contributed by atoms with E-state index in [0.29, 0.717) is 5.92 Å². The van der Waals surface area contributed by atoms with Crippen LogP contribution in [0.5, 0.6) is 0 Å². The van der Waals surface area contributed by atoms with Gasteiger partial charge < -0.3 is 19.4 Å². The molecule has 3 fully saturated rings. The molecule has 4 heterocycles. The number of morpholine rings is 1. The number of ether oxygens (including phenoxy) is 1. The van der Waals surface area contributed by atoms with Crippen molar-refractivity contribution in [3.8, 4) is 0 Å². The van der Waals surface area contributed by atoms with Crippen LogP contribution in [-0.2, 0) is 11.3 Å². The lowest BCUT2D eigenvalue weighted by molar-refractivity contribution is 0.0315. The van der Waals surface area contributed by atoms with Crippen LogP contribution in [0, 0.1) is 25.7 Å². The second-order valence-electron chi connectivity index (χ2n) is 9.68. The molecule has 1 N–H and O–H groups in total. The van der Waals surface area contributed by atoms with Gasteiger partial charge in [-0.05, 0) is 65.0 Å². The Balaban J connectivity index is 1.22. The van der Waals surface area contributed by atoms with Crippen LogP contribution < -0.4 is 5.32 Å². The Morgan fingerprint density at radius 1 is 1.03 bits per heavy atom. The van der Waals surface area contributed by atoms with Gasteiger partial charge in [-0.25, -0.2) is 4.98 Å². The molecule has 1 atom stereocenters. The van der Waals surface area contributed by atoms with Crippen LogP contribution in [0.2, 0.25) is 0 Å². The molecule has 0 radical (unpaired) electrons. The molecule has 1 unspecified atom stereocenters. The van der Waals surface area contributed by atoms with Gasteiger partial charge in [0.1, 0.15) is 5.76 Å². The molecular weight excluding hydrogens is 404 g/mol. The highest BCUT2D eigenvalue weighted by Gasteiger charge is 2.27. The predicted octanol–water partition coefficient (Wildman–Crippen LogP) is 2.12. The molecule has 1 aromatic heterocycles. The standard InChI is InChI=1S/C24H42N6O2/c1-4-25-24(30-10-7-22(17-30)16-29-11-13-31-14-12-29)26-15-21-5-8-28(9-6-21)18-23-27-19(2)20(3)32-23/h21-22H,4-18H2,1-3H3,(H,25,26). The molecule has 3 aliphatic rings. The second kappa shape index (κ2) is 11.5. The molecule has 4 rings (SSSR count). The van der Waals surface area contributed by atoms with Crippen molar-refractivity contribution in [3.05, 3.63) is 17.3 Å². The minimum atomic E-state index is 0.666. The maximum absolute atomic E-state index is 5.77. The van der Waals surface area contributed by atoms with Crippen molar-refractivity contribution in [2.24, 2.45) is 16.8 Å². The number of aryl methyl sites for hydroxylation is 2. The van der Waals surface area contributed by atoms with E-state index in [9.17, 15) is 0 Å².